The Hall–Kier alpha value is -4.11. The Kier molecular flexibility index (Phi) is 4.87. The maximum atomic E-state index is 13.0. The molecule has 8 nitrogen and oxygen atoms in total. The van der Waals surface area contributed by atoms with Crippen LogP contribution in [0.3, 0.4) is 0 Å². The van der Waals surface area contributed by atoms with E-state index in [1.54, 1.807) is 43.3 Å². The Morgan fingerprint density at radius 1 is 1.00 bits per heavy atom. The summed E-state index contributed by atoms with van der Waals surface area (Å²) in [5, 5.41) is 3.40. The van der Waals surface area contributed by atoms with E-state index in [4.69, 9.17) is 4.42 Å². The molecule has 1 aliphatic rings. The van der Waals surface area contributed by atoms with Crippen LogP contribution >= 0.6 is 11.8 Å². The summed E-state index contributed by atoms with van der Waals surface area (Å²) in [5.74, 6) is -1.18. The van der Waals surface area contributed by atoms with Gasteiger partial charge in [-0.2, -0.15) is 0 Å². The van der Waals surface area contributed by atoms with Gasteiger partial charge in [-0.3, -0.25) is 14.9 Å². The van der Waals surface area contributed by atoms with Gasteiger partial charge in [-0.05, 0) is 60.7 Å². The normalized spacial score (nSPS) is 15.6. The zero-order chi connectivity index (χ0) is 22.2. The molecule has 4 amide bonds. The van der Waals surface area contributed by atoms with Crippen molar-refractivity contribution in [3.05, 3.63) is 77.6 Å². The number of anilines is 1. The maximum absolute atomic E-state index is 13.0. The molecule has 2 N–H and O–H groups in total. The van der Waals surface area contributed by atoms with Crippen molar-refractivity contribution in [3.8, 4) is 0 Å². The summed E-state index contributed by atoms with van der Waals surface area (Å²) >= 11 is 1.28. The van der Waals surface area contributed by atoms with Crippen molar-refractivity contribution in [1.82, 2.24) is 15.3 Å². The monoisotopic (exact) mass is 444 g/mol. The molecule has 0 radical (unpaired) electrons. The fourth-order valence-corrected chi connectivity index (χ4v) is 4.14. The topological polar surface area (TPSA) is 108 Å². The molecule has 0 aliphatic carbocycles. The summed E-state index contributed by atoms with van der Waals surface area (Å²) in [6.07, 6.45) is 1.33. The van der Waals surface area contributed by atoms with Crippen LogP contribution in [-0.4, -0.2) is 27.8 Å². The zero-order valence-electron chi connectivity index (χ0n) is 16.8. The Morgan fingerprint density at radius 2 is 1.78 bits per heavy atom. The number of aromatic amines is 1. The third-order valence-corrected chi connectivity index (χ3v) is 5.72. The van der Waals surface area contributed by atoms with E-state index in [-0.39, 0.29) is 5.57 Å². The number of aryl methyl sites for hydroxylation is 1. The first-order chi connectivity index (χ1) is 15.5. The number of benzene rings is 2. The molecule has 0 atom stereocenters. The lowest BCUT2D eigenvalue weighted by Crippen LogP contribution is -2.54. The molecular formula is C23H16N4O4S. The van der Waals surface area contributed by atoms with Gasteiger partial charge in [0.05, 0.1) is 16.7 Å². The van der Waals surface area contributed by atoms with Crippen LogP contribution in [0.5, 0.6) is 0 Å². The Bertz CT molecular complexity index is 1390. The van der Waals surface area contributed by atoms with Crippen molar-refractivity contribution in [2.24, 2.45) is 0 Å². The van der Waals surface area contributed by atoms with Gasteiger partial charge < -0.3 is 9.40 Å². The largest absolute Gasteiger partial charge is 0.450 e. The van der Waals surface area contributed by atoms with Gasteiger partial charge in [0.2, 0.25) is 0 Å². The summed E-state index contributed by atoms with van der Waals surface area (Å²) in [7, 11) is 0. The van der Waals surface area contributed by atoms with Crippen LogP contribution in [-0.2, 0) is 9.59 Å². The number of carbonyl (C=O) groups is 3. The third-order valence-electron chi connectivity index (χ3n) is 4.91. The number of imidazole rings is 1. The predicted octanol–water partition coefficient (Wildman–Crippen LogP) is 4.28. The molecule has 158 valence electrons. The molecule has 0 saturated carbocycles. The summed E-state index contributed by atoms with van der Waals surface area (Å²) < 4.78 is 5.77. The zero-order valence-corrected chi connectivity index (χ0v) is 17.6. The van der Waals surface area contributed by atoms with E-state index in [0.717, 1.165) is 21.5 Å². The van der Waals surface area contributed by atoms with Gasteiger partial charge in [0.1, 0.15) is 11.3 Å². The van der Waals surface area contributed by atoms with Crippen LogP contribution in [0, 0.1) is 6.92 Å². The van der Waals surface area contributed by atoms with E-state index < -0.39 is 17.8 Å². The second kappa shape index (κ2) is 7.86. The standard InChI is InChI=1S/C23H16N4O4S/c1-13-6-2-5-9-18(13)27-21(29)15(20(28)26-23(27)30)12-14-10-11-19(31-14)32-22-24-16-7-3-4-8-17(16)25-22/h2-12H,1H3,(H,24,25)(H,26,28,30)/b15-12+. The van der Waals surface area contributed by atoms with E-state index >= 15 is 0 Å². The molecular weight excluding hydrogens is 428 g/mol. The number of fused-ring (bicyclic) bond motifs is 1. The summed E-state index contributed by atoms with van der Waals surface area (Å²) in [5.41, 5.74) is 2.70. The quantitative estimate of drug-likeness (QED) is 0.359. The number of nitrogens with one attached hydrogen (secondary N) is 2. The van der Waals surface area contributed by atoms with Crippen molar-refractivity contribution < 1.29 is 18.8 Å². The fraction of sp³-hybridized carbons (Fsp3) is 0.0435. The molecule has 0 unspecified atom stereocenters. The number of urea groups is 1. The molecule has 3 heterocycles. The number of hydrogen-bond donors (Lipinski definition) is 2. The van der Waals surface area contributed by atoms with Gasteiger partial charge in [-0.15, -0.1) is 0 Å². The highest BCUT2D eigenvalue weighted by molar-refractivity contribution is 7.99. The van der Waals surface area contributed by atoms with Crippen LogP contribution in [0.2, 0.25) is 0 Å². The van der Waals surface area contributed by atoms with Gasteiger partial charge in [-0.25, -0.2) is 14.7 Å². The number of barbiturate groups is 1. The molecule has 32 heavy (non-hydrogen) atoms. The summed E-state index contributed by atoms with van der Waals surface area (Å²) in [6.45, 7) is 1.78. The van der Waals surface area contributed by atoms with Crippen molar-refractivity contribution >= 4 is 52.4 Å². The van der Waals surface area contributed by atoms with E-state index in [0.29, 0.717) is 21.7 Å². The second-order valence-corrected chi connectivity index (χ2v) is 8.06. The number of hydrogen-bond acceptors (Lipinski definition) is 6. The number of imide groups is 2. The number of rotatable bonds is 4. The van der Waals surface area contributed by atoms with Crippen LogP contribution < -0.4 is 10.2 Å². The fourth-order valence-electron chi connectivity index (χ4n) is 3.37. The Balaban J connectivity index is 1.42. The lowest BCUT2D eigenvalue weighted by molar-refractivity contribution is -0.122. The molecule has 2 aromatic heterocycles. The minimum atomic E-state index is -0.785. The highest BCUT2D eigenvalue weighted by atomic mass is 32.2. The van der Waals surface area contributed by atoms with Gasteiger partial charge in [0, 0.05) is 0 Å². The SMILES string of the molecule is Cc1ccccc1N1C(=O)NC(=O)/C(=C\c2ccc(Sc3nc4ccccc4[nH]3)o2)C1=O. The maximum Gasteiger partial charge on any atom is 0.335 e. The first-order valence-electron chi connectivity index (χ1n) is 9.69. The molecule has 5 rings (SSSR count). The molecule has 4 aromatic rings. The number of H-pyrrole nitrogens is 1. The van der Waals surface area contributed by atoms with Crippen LogP contribution in [0.25, 0.3) is 17.1 Å². The van der Waals surface area contributed by atoms with Crippen LogP contribution in [0.4, 0.5) is 10.5 Å². The smallest absolute Gasteiger partial charge is 0.335 e. The number of para-hydroxylation sites is 3. The lowest BCUT2D eigenvalue weighted by atomic mass is 10.1. The predicted molar refractivity (Wildman–Crippen MR) is 119 cm³/mol. The van der Waals surface area contributed by atoms with Gasteiger partial charge >= 0.3 is 6.03 Å². The highest BCUT2D eigenvalue weighted by Gasteiger charge is 2.37. The Morgan fingerprint density at radius 3 is 2.59 bits per heavy atom. The van der Waals surface area contributed by atoms with E-state index in [2.05, 4.69) is 15.3 Å². The number of carbonyl (C=O) groups excluding carboxylic acids is 3. The number of amides is 4. The Labute approximate surface area is 186 Å². The average molecular weight is 444 g/mol. The van der Waals surface area contributed by atoms with Gasteiger partial charge in [-0.1, -0.05) is 30.3 Å². The van der Waals surface area contributed by atoms with E-state index in [1.807, 2.05) is 24.3 Å². The van der Waals surface area contributed by atoms with Crippen LogP contribution in [0.15, 0.2) is 80.9 Å². The number of nitrogens with zero attached hydrogens (tertiary/aromatic N) is 2. The molecule has 2 aromatic carbocycles. The van der Waals surface area contributed by atoms with E-state index in [1.165, 1.54) is 17.8 Å². The molecule has 1 saturated heterocycles. The highest BCUT2D eigenvalue weighted by Crippen LogP contribution is 2.30. The van der Waals surface area contributed by atoms with E-state index in [9.17, 15) is 14.4 Å². The second-order valence-electron chi connectivity index (χ2n) is 7.06. The minimum Gasteiger partial charge on any atom is -0.450 e. The van der Waals surface area contributed by atoms with Gasteiger partial charge in [0.25, 0.3) is 11.8 Å². The lowest BCUT2D eigenvalue weighted by Gasteiger charge is -2.27. The number of furan rings is 1. The van der Waals surface area contributed by atoms with Crippen LogP contribution in [0.1, 0.15) is 11.3 Å². The van der Waals surface area contributed by atoms with Crippen molar-refractivity contribution in [1.29, 1.82) is 0 Å². The number of aromatic nitrogens is 2. The molecule has 0 spiro atoms. The van der Waals surface area contributed by atoms with Crippen molar-refractivity contribution in [2.45, 2.75) is 17.2 Å². The van der Waals surface area contributed by atoms with Crippen molar-refractivity contribution in [2.75, 3.05) is 4.90 Å². The van der Waals surface area contributed by atoms with Crippen molar-refractivity contribution in [3.63, 3.8) is 0 Å². The first-order valence-corrected chi connectivity index (χ1v) is 10.5. The third kappa shape index (κ3) is 3.58. The molecule has 1 aliphatic heterocycles. The average Bonchev–Trinajstić information content (AvgIpc) is 3.38. The molecule has 9 heteroatoms. The molecule has 0 bridgehead atoms. The summed E-state index contributed by atoms with van der Waals surface area (Å²) in [6, 6.07) is 17.2. The molecule has 1 fully saturated rings. The first kappa shape index (κ1) is 19.8. The summed E-state index contributed by atoms with van der Waals surface area (Å²) in [4.78, 5) is 46.4. The minimum absolute atomic E-state index is 0.192. The van der Waals surface area contributed by atoms with Gasteiger partial charge in [0.15, 0.2) is 10.2 Å².